The van der Waals surface area contributed by atoms with Crippen LogP contribution in [0.5, 0.6) is 0 Å². The lowest BCUT2D eigenvalue weighted by atomic mass is 10.0. The predicted octanol–water partition coefficient (Wildman–Crippen LogP) is 3.28. The minimum Gasteiger partial charge on any atom is -0.469 e. The van der Waals surface area contributed by atoms with Crippen LogP contribution in [-0.2, 0) is 6.42 Å². The van der Waals surface area contributed by atoms with Crippen LogP contribution in [-0.4, -0.2) is 0 Å². The monoisotopic (exact) mass is 221 g/mol. The number of nitrogens with two attached hydrogens (primary N) is 1. The molecular formula is C12H15NOS. The number of thiophene rings is 1. The molecule has 2 aromatic rings. The fourth-order valence-electron chi connectivity index (χ4n) is 1.69. The fourth-order valence-corrected chi connectivity index (χ4v) is 2.40. The highest BCUT2D eigenvalue weighted by Gasteiger charge is 2.10. The zero-order valence-corrected chi connectivity index (χ0v) is 9.59. The minimum atomic E-state index is 0.0867. The van der Waals surface area contributed by atoms with Gasteiger partial charge in [-0.3, -0.25) is 0 Å². The second kappa shape index (κ2) is 4.64. The Bertz CT molecular complexity index is 405. The van der Waals surface area contributed by atoms with Crippen LogP contribution in [0.4, 0.5) is 0 Å². The van der Waals surface area contributed by atoms with Crippen molar-refractivity contribution in [2.24, 2.45) is 5.73 Å². The van der Waals surface area contributed by atoms with E-state index in [1.807, 2.05) is 13.0 Å². The lowest BCUT2D eigenvalue weighted by Gasteiger charge is -2.09. The average molecular weight is 221 g/mol. The summed E-state index contributed by atoms with van der Waals surface area (Å²) >= 11 is 1.73. The second-order valence-electron chi connectivity index (χ2n) is 3.71. The zero-order valence-electron chi connectivity index (χ0n) is 8.77. The van der Waals surface area contributed by atoms with Crippen LogP contribution in [0.1, 0.15) is 29.3 Å². The van der Waals surface area contributed by atoms with E-state index in [1.54, 1.807) is 17.6 Å². The molecule has 3 heteroatoms. The maximum atomic E-state index is 6.10. The maximum Gasteiger partial charge on any atom is 0.105 e. The van der Waals surface area contributed by atoms with E-state index in [1.165, 1.54) is 5.56 Å². The maximum absolute atomic E-state index is 6.10. The predicted molar refractivity (Wildman–Crippen MR) is 63.0 cm³/mol. The van der Waals surface area contributed by atoms with Gasteiger partial charge in [0, 0.05) is 11.6 Å². The van der Waals surface area contributed by atoms with Crippen LogP contribution in [0.3, 0.4) is 0 Å². The van der Waals surface area contributed by atoms with Gasteiger partial charge in [-0.1, -0.05) is 0 Å². The molecule has 2 aromatic heterocycles. The molecule has 0 bridgehead atoms. The molecule has 0 saturated heterocycles. The highest BCUT2D eigenvalue weighted by atomic mass is 32.1. The number of rotatable bonds is 4. The van der Waals surface area contributed by atoms with E-state index < -0.39 is 0 Å². The van der Waals surface area contributed by atoms with Crippen molar-refractivity contribution in [3.05, 3.63) is 46.0 Å². The summed E-state index contributed by atoms with van der Waals surface area (Å²) in [6, 6.07) is 4.20. The van der Waals surface area contributed by atoms with Crippen molar-refractivity contribution < 1.29 is 4.42 Å². The van der Waals surface area contributed by atoms with E-state index in [0.29, 0.717) is 0 Å². The third kappa shape index (κ3) is 2.49. The lowest BCUT2D eigenvalue weighted by Crippen LogP contribution is -2.11. The molecule has 0 aromatic carbocycles. The summed E-state index contributed by atoms with van der Waals surface area (Å²) in [6.45, 7) is 1.96. The average Bonchev–Trinajstić information content (AvgIpc) is 2.84. The van der Waals surface area contributed by atoms with Crippen molar-refractivity contribution in [3.63, 3.8) is 0 Å². The van der Waals surface area contributed by atoms with Gasteiger partial charge in [-0.15, -0.1) is 0 Å². The molecule has 0 amide bonds. The highest BCUT2D eigenvalue weighted by Crippen LogP contribution is 2.21. The van der Waals surface area contributed by atoms with Crippen LogP contribution in [0.2, 0.25) is 0 Å². The Labute approximate surface area is 93.7 Å². The normalized spacial score (nSPS) is 12.9. The van der Waals surface area contributed by atoms with Crippen molar-refractivity contribution in [1.29, 1.82) is 0 Å². The summed E-state index contributed by atoms with van der Waals surface area (Å²) in [5.74, 6) is 0.938. The molecule has 0 saturated carbocycles. The van der Waals surface area contributed by atoms with Gasteiger partial charge in [0.25, 0.3) is 0 Å². The van der Waals surface area contributed by atoms with Crippen molar-refractivity contribution >= 4 is 11.3 Å². The van der Waals surface area contributed by atoms with Gasteiger partial charge in [0.2, 0.25) is 0 Å². The Kier molecular flexibility index (Phi) is 3.23. The number of hydrogen-bond donors (Lipinski definition) is 1. The number of hydrogen-bond acceptors (Lipinski definition) is 3. The van der Waals surface area contributed by atoms with Crippen LogP contribution in [0.25, 0.3) is 0 Å². The summed E-state index contributed by atoms with van der Waals surface area (Å²) in [4.78, 5) is 0. The van der Waals surface area contributed by atoms with Crippen LogP contribution >= 0.6 is 11.3 Å². The van der Waals surface area contributed by atoms with Gasteiger partial charge in [-0.25, -0.2) is 0 Å². The molecule has 2 N–H and O–H groups in total. The first-order chi connectivity index (χ1) is 7.27. The Morgan fingerprint density at radius 2 is 2.33 bits per heavy atom. The van der Waals surface area contributed by atoms with Crippen molar-refractivity contribution in [2.45, 2.75) is 25.8 Å². The third-order valence-corrected chi connectivity index (χ3v) is 3.35. The summed E-state index contributed by atoms with van der Waals surface area (Å²) in [5.41, 5.74) is 8.60. The smallest absolute Gasteiger partial charge is 0.105 e. The Morgan fingerprint density at radius 3 is 2.93 bits per heavy atom. The van der Waals surface area contributed by atoms with E-state index in [-0.39, 0.29) is 6.04 Å². The van der Waals surface area contributed by atoms with Crippen molar-refractivity contribution in [2.75, 3.05) is 0 Å². The van der Waals surface area contributed by atoms with E-state index in [2.05, 4.69) is 16.8 Å². The number of aryl methyl sites for hydroxylation is 2. The van der Waals surface area contributed by atoms with Gasteiger partial charge in [0.15, 0.2) is 0 Å². The zero-order chi connectivity index (χ0) is 10.7. The van der Waals surface area contributed by atoms with Crippen molar-refractivity contribution in [1.82, 2.24) is 0 Å². The molecule has 2 rings (SSSR count). The molecule has 0 spiro atoms. The quantitative estimate of drug-likeness (QED) is 0.860. The number of furan rings is 1. The molecule has 1 atom stereocenters. The topological polar surface area (TPSA) is 39.2 Å². The van der Waals surface area contributed by atoms with Crippen LogP contribution in [0, 0.1) is 6.92 Å². The third-order valence-electron chi connectivity index (χ3n) is 2.62. The molecule has 1 unspecified atom stereocenters. The standard InChI is InChI=1S/C12H15NOS/c1-9-11(4-6-14-9)12(13)3-2-10-5-7-15-8-10/h4-8,12H,2-3,13H2,1H3. The molecule has 0 aliphatic rings. The van der Waals surface area contributed by atoms with E-state index in [4.69, 9.17) is 10.2 Å². The summed E-state index contributed by atoms with van der Waals surface area (Å²) in [5, 5.41) is 4.28. The van der Waals surface area contributed by atoms with Gasteiger partial charge >= 0.3 is 0 Å². The summed E-state index contributed by atoms with van der Waals surface area (Å²) < 4.78 is 5.24. The first kappa shape index (κ1) is 10.5. The van der Waals surface area contributed by atoms with Crippen LogP contribution in [0.15, 0.2) is 33.6 Å². The Balaban J connectivity index is 1.93. The Morgan fingerprint density at radius 1 is 1.47 bits per heavy atom. The van der Waals surface area contributed by atoms with Gasteiger partial charge in [0.1, 0.15) is 5.76 Å². The fraction of sp³-hybridized carbons (Fsp3) is 0.333. The first-order valence-corrected chi connectivity index (χ1v) is 6.02. The summed E-state index contributed by atoms with van der Waals surface area (Å²) in [6.07, 6.45) is 3.71. The molecule has 0 radical (unpaired) electrons. The van der Waals surface area contributed by atoms with Gasteiger partial charge in [-0.05, 0) is 48.2 Å². The van der Waals surface area contributed by atoms with E-state index in [0.717, 1.165) is 24.2 Å². The van der Waals surface area contributed by atoms with Gasteiger partial charge < -0.3 is 10.2 Å². The van der Waals surface area contributed by atoms with E-state index in [9.17, 15) is 0 Å². The van der Waals surface area contributed by atoms with Gasteiger partial charge in [0.05, 0.1) is 6.26 Å². The molecule has 0 aliphatic heterocycles. The minimum absolute atomic E-state index is 0.0867. The molecule has 15 heavy (non-hydrogen) atoms. The molecule has 80 valence electrons. The SMILES string of the molecule is Cc1occc1C(N)CCc1ccsc1. The summed E-state index contributed by atoms with van der Waals surface area (Å²) in [7, 11) is 0. The molecule has 0 aliphatic carbocycles. The highest BCUT2D eigenvalue weighted by molar-refractivity contribution is 7.07. The molecule has 2 heterocycles. The first-order valence-electron chi connectivity index (χ1n) is 5.08. The lowest BCUT2D eigenvalue weighted by molar-refractivity contribution is 0.520. The van der Waals surface area contributed by atoms with Crippen LogP contribution < -0.4 is 5.73 Å². The van der Waals surface area contributed by atoms with E-state index >= 15 is 0 Å². The Hall–Kier alpha value is -1.06. The van der Waals surface area contributed by atoms with Crippen molar-refractivity contribution in [3.8, 4) is 0 Å². The van der Waals surface area contributed by atoms with Gasteiger partial charge in [-0.2, -0.15) is 11.3 Å². The molecular weight excluding hydrogens is 206 g/mol. The largest absolute Gasteiger partial charge is 0.469 e. The molecule has 2 nitrogen and oxygen atoms in total. The molecule has 0 fully saturated rings. The second-order valence-corrected chi connectivity index (χ2v) is 4.49.